The van der Waals surface area contributed by atoms with Gasteiger partial charge in [0.05, 0.1) is 31.1 Å². The average molecular weight is 572 g/mol. The van der Waals surface area contributed by atoms with Crippen LogP contribution in [0.3, 0.4) is 0 Å². The van der Waals surface area contributed by atoms with E-state index in [0.29, 0.717) is 24.3 Å². The van der Waals surface area contributed by atoms with Gasteiger partial charge in [-0.2, -0.15) is 0 Å². The van der Waals surface area contributed by atoms with Crippen molar-refractivity contribution in [3.05, 3.63) is 93.8 Å². The Kier molecular flexibility index (Phi) is 9.63. The summed E-state index contributed by atoms with van der Waals surface area (Å²) in [6.07, 6.45) is 2.55. The van der Waals surface area contributed by atoms with Gasteiger partial charge in [0.25, 0.3) is 6.01 Å². The number of nitrogens with one attached hydrogen (secondary N) is 2. The Hall–Kier alpha value is -3.11. The number of benzene rings is 2. The lowest BCUT2D eigenvalue weighted by Gasteiger charge is -2.17. The highest BCUT2D eigenvalue weighted by Gasteiger charge is 2.28. The highest BCUT2D eigenvalue weighted by atomic mass is 32.2. The summed E-state index contributed by atoms with van der Waals surface area (Å²) >= 11 is -0.839. The van der Waals surface area contributed by atoms with Gasteiger partial charge in [0.1, 0.15) is 11.7 Å². The number of carbonyl (C=O) groups is 1. The normalized spacial score (nSPS) is 13.6. The fourth-order valence-corrected chi connectivity index (χ4v) is 5.35. The minimum absolute atomic E-state index is 0.266. The van der Waals surface area contributed by atoms with Crippen LogP contribution in [0.5, 0.6) is 0 Å². The molecule has 0 spiro atoms. The lowest BCUT2D eigenvalue weighted by molar-refractivity contribution is -0.135. The van der Waals surface area contributed by atoms with Gasteiger partial charge >= 0.3 is 5.97 Å². The zero-order valence-electron chi connectivity index (χ0n) is 21.1. The van der Waals surface area contributed by atoms with Gasteiger partial charge in [-0.3, -0.25) is 9.00 Å². The molecule has 0 aliphatic heterocycles. The lowest BCUT2D eigenvalue weighted by atomic mass is 9.97. The van der Waals surface area contributed by atoms with E-state index in [1.165, 1.54) is 0 Å². The summed E-state index contributed by atoms with van der Waals surface area (Å²) in [6.45, 7) is 5.70. The number of rotatable bonds is 12. The van der Waals surface area contributed by atoms with E-state index in [4.69, 9.17) is 8.94 Å². The van der Waals surface area contributed by atoms with E-state index < -0.39 is 25.3 Å². The molecule has 0 amide bonds. The molecule has 200 valence electrons. The first-order chi connectivity index (χ1) is 18.3. The van der Waals surface area contributed by atoms with Crippen LogP contribution in [0.1, 0.15) is 39.5 Å². The standard InChI is InChI=1S/C26H29N4O5PS2/c1-17-28-23(16-37-17)22(14-19-9-11-20(12-10-19)30-38(32)33)29-26-27-15-24(34-26)21(25(31)35-36(2)3)13-18-7-5-4-6-8-18/h4-12,15-16,21-22,30H,13-14H2,1-3H3,(H,27,29)(H,32,33)/p-1/t21-,22-/m0/s1. The van der Waals surface area contributed by atoms with E-state index in [1.807, 2.05) is 68.1 Å². The topological polar surface area (TPSA) is 129 Å². The summed E-state index contributed by atoms with van der Waals surface area (Å²) in [5.41, 5.74) is 3.27. The Bertz CT molecular complexity index is 1360. The first-order valence-electron chi connectivity index (χ1n) is 11.8. The molecule has 2 heterocycles. The van der Waals surface area contributed by atoms with Gasteiger partial charge in [-0.05, 0) is 56.4 Å². The molecule has 2 aromatic heterocycles. The number of thiazole rings is 1. The summed E-state index contributed by atoms with van der Waals surface area (Å²) in [6, 6.07) is 16.8. The van der Waals surface area contributed by atoms with E-state index in [9.17, 15) is 13.6 Å². The van der Waals surface area contributed by atoms with Gasteiger partial charge < -0.3 is 23.5 Å². The zero-order chi connectivity index (χ0) is 27.1. The largest absolute Gasteiger partial charge is 0.755 e. The molecule has 0 saturated heterocycles. The van der Waals surface area contributed by atoms with Gasteiger partial charge in [-0.15, -0.1) is 11.3 Å². The first-order valence-corrected chi connectivity index (χ1v) is 15.9. The van der Waals surface area contributed by atoms with Crippen LogP contribution in [-0.4, -0.2) is 38.0 Å². The fourth-order valence-electron chi connectivity index (χ4n) is 3.87. The Morgan fingerprint density at radius 2 is 1.84 bits per heavy atom. The molecule has 3 atom stereocenters. The molecule has 2 N–H and O–H groups in total. The second-order valence-electron chi connectivity index (χ2n) is 8.76. The summed E-state index contributed by atoms with van der Waals surface area (Å²) in [5.74, 6) is -0.545. The number of aryl methyl sites for hydroxylation is 1. The Morgan fingerprint density at radius 1 is 1.13 bits per heavy atom. The molecule has 9 nitrogen and oxygen atoms in total. The molecule has 0 saturated carbocycles. The maximum atomic E-state index is 13.0. The predicted molar refractivity (Wildman–Crippen MR) is 150 cm³/mol. The van der Waals surface area contributed by atoms with Crippen LogP contribution in [0.4, 0.5) is 11.7 Å². The fraction of sp³-hybridized carbons (Fsp3) is 0.269. The summed E-state index contributed by atoms with van der Waals surface area (Å²) in [4.78, 5) is 22.0. The van der Waals surface area contributed by atoms with Crippen LogP contribution in [0.2, 0.25) is 0 Å². The van der Waals surface area contributed by atoms with Crippen molar-refractivity contribution in [3.63, 3.8) is 0 Å². The highest BCUT2D eigenvalue weighted by Crippen LogP contribution is 2.33. The van der Waals surface area contributed by atoms with E-state index in [1.54, 1.807) is 29.7 Å². The van der Waals surface area contributed by atoms with Gasteiger partial charge in [0.2, 0.25) is 0 Å². The SMILES string of the molecule is Cc1nc([C@H](Cc2ccc(NS(=O)[O-])cc2)Nc2ncc([C@H](Cc3ccccc3)C(=O)OP(C)C)o2)cs1. The highest BCUT2D eigenvalue weighted by molar-refractivity contribution is 7.80. The van der Waals surface area contributed by atoms with Crippen molar-refractivity contribution < 1.29 is 22.5 Å². The van der Waals surface area contributed by atoms with E-state index in [-0.39, 0.29) is 18.0 Å². The quantitative estimate of drug-likeness (QED) is 0.167. The molecule has 2 aromatic carbocycles. The number of hydrogen-bond acceptors (Lipinski definition) is 9. The Morgan fingerprint density at radius 3 is 2.47 bits per heavy atom. The molecule has 38 heavy (non-hydrogen) atoms. The molecule has 4 aromatic rings. The molecule has 0 aliphatic carbocycles. The number of nitrogens with zero attached hydrogens (tertiary/aromatic N) is 2. The van der Waals surface area contributed by atoms with Gasteiger partial charge in [-0.25, -0.2) is 9.97 Å². The van der Waals surface area contributed by atoms with Gasteiger partial charge in [0, 0.05) is 22.3 Å². The van der Waals surface area contributed by atoms with Crippen LogP contribution in [0.25, 0.3) is 0 Å². The van der Waals surface area contributed by atoms with Crippen LogP contribution >= 0.6 is 19.5 Å². The molecule has 0 fully saturated rings. The second kappa shape index (κ2) is 13.1. The maximum Gasteiger partial charge on any atom is 0.319 e. The first kappa shape index (κ1) is 27.9. The molecule has 0 bridgehead atoms. The number of carbonyl (C=O) groups excluding carboxylic acids is 1. The van der Waals surface area contributed by atoms with E-state index in [2.05, 4.69) is 20.0 Å². The van der Waals surface area contributed by atoms with Crippen LogP contribution in [0.15, 0.2) is 70.6 Å². The zero-order valence-corrected chi connectivity index (χ0v) is 23.6. The van der Waals surface area contributed by atoms with Crippen LogP contribution in [-0.2, 0) is 33.4 Å². The Labute approximate surface area is 229 Å². The maximum absolute atomic E-state index is 13.0. The molecule has 0 radical (unpaired) electrons. The van der Waals surface area contributed by atoms with Crippen molar-refractivity contribution in [1.29, 1.82) is 0 Å². The lowest BCUT2D eigenvalue weighted by Crippen LogP contribution is -2.16. The van der Waals surface area contributed by atoms with Gasteiger partial charge in [0.15, 0.2) is 0 Å². The van der Waals surface area contributed by atoms with Crippen molar-refractivity contribution in [2.75, 3.05) is 23.4 Å². The smallest absolute Gasteiger partial charge is 0.319 e. The average Bonchev–Trinajstić information content (AvgIpc) is 3.52. The number of oxazole rings is 1. The van der Waals surface area contributed by atoms with Crippen molar-refractivity contribution in [2.24, 2.45) is 0 Å². The van der Waals surface area contributed by atoms with Gasteiger partial charge in [-0.1, -0.05) is 42.5 Å². The molecule has 1 unspecified atom stereocenters. The predicted octanol–water partition coefficient (Wildman–Crippen LogP) is 5.57. The summed E-state index contributed by atoms with van der Waals surface area (Å²) in [7, 11) is -0.881. The third-order valence-electron chi connectivity index (χ3n) is 5.59. The molecular weight excluding hydrogens is 543 g/mol. The van der Waals surface area contributed by atoms with Crippen molar-refractivity contribution in [2.45, 2.75) is 31.7 Å². The second-order valence-corrected chi connectivity index (χ2v) is 12.3. The van der Waals surface area contributed by atoms with Crippen LogP contribution < -0.4 is 10.0 Å². The number of hydrogen-bond donors (Lipinski definition) is 2. The van der Waals surface area contributed by atoms with E-state index in [0.717, 1.165) is 21.8 Å². The molecule has 0 aliphatic rings. The van der Waals surface area contributed by atoms with Crippen LogP contribution in [0, 0.1) is 6.92 Å². The van der Waals surface area contributed by atoms with Crippen molar-refractivity contribution in [1.82, 2.24) is 9.97 Å². The summed E-state index contributed by atoms with van der Waals surface area (Å²) in [5, 5.41) is 6.24. The minimum Gasteiger partial charge on any atom is -0.755 e. The van der Waals surface area contributed by atoms with Crippen molar-refractivity contribution >= 4 is 48.4 Å². The van der Waals surface area contributed by atoms with Crippen molar-refractivity contribution in [3.8, 4) is 0 Å². The Balaban J connectivity index is 1.55. The minimum atomic E-state index is -2.38. The monoisotopic (exact) mass is 571 g/mol. The van der Waals surface area contributed by atoms with E-state index >= 15 is 0 Å². The molecule has 12 heteroatoms. The number of anilines is 2. The third-order valence-corrected chi connectivity index (χ3v) is 7.33. The summed E-state index contributed by atoms with van der Waals surface area (Å²) < 4.78 is 35.8. The third kappa shape index (κ3) is 7.94. The number of aromatic nitrogens is 2. The molecular formula is C26H28N4O5PS2-. The molecule has 4 rings (SSSR count).